The molecule has 0 saturated heterocycles. The van der Waals surface area contributed by atoms with E-state index in [1.54, 1.807) is 32.4 Å². The summed E-state index contributed by atoms with van der Waals surface area (Å²) < 4.78 is 12.0. The topological polar surface area (TPSA) is 65.7 Å². The lowest BCUT2D eigenvalue weighted by Crippen LogP contribution is -2.04. The summed E-state index contributed by atoms with van der Waals surface area (Å²) in [5.41, 5.74) is 3.87. The van der Waals surface area contributed by atoms with Crippen molar-refractivity contribution in [2.45, 2.75) is 13.5 Å². The number of rotatable bonds is 5. The number of aromatic nitrogens is 3. The molecule has 0 N–H and O–H groups in total. The van der Waals surface area contributed by atoms with E-state index in [4.69, 9.17) is 9.47 Å². The number of methoxy groups -OCH3 is 1. The summed E-state index contributed by atoms with van der Waals surface area (Å²) in [5.74, 6) is -0.318. The predicted molar refractivity (Wildman–Crippen MR) is 85.1 cm³/mol. The Hall–Kier alpha value is -2.73. The van der Waals surface area contributed by atoms with Crippen molar-refractivity contribution in [3.63, 3.8) is 0 Å². The highest BCUT2D eigenvalue weighted by Gasteiger charge is 2.08. The van der Waals surface area contributed by atoms with Crippen LogP contribution in [0.25, 0.3) is 16.9 Å². The molecule has 0 amide bonds. The maximum Gasteiger partial charge on any atom is 0.338 e. The number of imidazole rings is 1. The van der Waals surface area contributed by atoms with Crippen LogP contribution in [-0.2, 0) is 16.1 Å². The molecule has 0 aliphatic heterocycles. The van der Waals surface area contributed by atoms with Gasteiger partial charge in [-0.1, -0.05) is 12.1 Å². The maximum absolute atomic E-state index is 11.7. The zero-order valence-electron chi connectivity index (χ0n) is 13.0. The monoisotopic (exact) mass is 311 g/mol. The van der Waals surface area contributed by atoms with Crippen molar-refractivity contribution in [2.75, 3.05) is 13.7 Å². The van der Waals surface area contributed by atoms with E-state index in [2.05, 4.69) is 9.97 Å². The summed E-state index contributed by atoms with van der Waals surface area (Å²) >= 11 is 0. The molecule has 0 unspecified atom stereocenters. The normalized spacial score (nSPS) is 10.9. The lowest BCUT2D eigenvalue weighted by atomic mass is 10.1. The number of esters is 1. The molecule has 0 saturated carbocycles. The molecule has 0 radical (unpaired) electrons. The van der Waals surface area contributed by atoms with Crippen LogP contribution in [0, 0.1) is 0 Å². The molecule has 0 fully saturated rings. The van der Waals surface area contributed by atoms with Gasteiger partial charge < -0.3 is 13.9 Å². The van der Waals surface area contributed by atoms with E-state index >= 15 is 0 Å². The molecule has 2 aromatic heterocycles. The summed E-state index contributed by atoms with van der Waals surface area (Å²) in [7, 11) is 1.64. The zero-order chi connectivity index (χ0) is 16.2. The lowest BCUT2D eigenvalue weighted by Gasteiger charge is -2.04. The Morgan fingerprint density at radius 2 is 2.00 bits per heavy atom. The third kappa shape index (κ3) is 3.22. The average Bonchev–Trinajstić information content (AvgIpc) is 2.97. The Labute approximate surface area is 133 Å². The summed E-state index contributed by atoms with van der Waals surface area (Å²) in [6.07, 6.45) is 5.53. The first-order valence-electron chi connectivity index (χ1n) is 7.31. The van der Waals surface area contributed by atoms with Gasteiger partial charge in [-0.15, -0.1) is 0 Å². The molecule has 6 heteroatoms. The van der Waals surface area contributed by atoms with Crippen molar-refractivity contribution in [2.24, 2.45) is 0 Å². The van der Waals surface area contributed by atoms with Gasteiger partial charge >= 0.3 is 5.97 Å². The molecule has 118 valence electrons. The number of hydrogen-bond acceptors (Lipinski definition) is 5. The molecule has 0 bridgehead atoms. The summed E-state index contributed by atoms with van der Waals surface area (Å²) in [6, 6.07) is 7.19. The van der Waals surface area contributed by atoms with E-state index in [9.17, 15) is 4.79 Å². The second kappa shape index (κ2) is 6.58. The number of hydrogen-bond donors (Lipinski definition) is 0. The van der Waals surface area contributed by atoms with Crippen LogP contribution >= 0.6 is 0 Å². The Bertz CT molecular complexity index is 825. The minimum Gasteiger partial charge on any atom is -0.462 e. The minimum atomic E-state index is -0.318. The minimum absolute atomic E-state index is 0.318. The van der Waals surface area contributed by atoms with E-state index in [-0.39, 0.29) is 5.97 Å². The molecular formula is C17H17N3O3. The standard InChI is InChI=1S/C17H17N3O3/c1-3-23-17(21)13-6-4-12(5-7-13)15-10-20-9-14(11-22-2)19-16(20)8-18-15/h4-10H,3,11H2,1-2H3. The molecular weight excluding hydrogens is 294 g/mol. The van der Waals surface area contributed by atoms with Crippen LogP contribution in [0.5, 0.6) is 0 Å². The number of carbonyl (C=O) groups is 1. The SMILES string of the molecule is CCOC(=O)c1ccc(-c2cn3cc(COC)nc3cn2)cc1. The van der Waals surface area contributed by atoms with E-state index in [1.165, 1.54) is 0 Å². The van der Waals surface area contributed by atoms with Gasteiger partial charge in [-0.05, 0) is 19.1 Å². The maximum atomic E-state index is 11.7. The van der Waals surface area contributed by atoms with Gasteiger partial charge in [-0.25, -0.2) is 9.78 Å². The van der Waals surface area contributed by atoms with Crippen LogP contribution in [0.1, 0.15) is 23.0 Å². The molecule has 0 spiro atoms. The van der Waals surface area contributed by atoms with Gasteiger partial charge in [-0.2, -0.15) is 0 Å². The Balaban J connectivity index is 1.88. The van der Waals surface area contributed by atoms with E-state index in [0.717, 1.165) is 22.6 Å². The largest absolute Gasteiger partial charge is 0.462 e. The third-order valence-electron chi connectivity index (χ3n) is 3.38. The van der Waals surface area contributed by atoms with E-state index < -0.39 is 0 Å². The predicted octanol–water partition coefficient (Wildman–Crippen LogP) is 2.72. The van der Waals surface area contributed by atoms with Gasteiger partial charge in [0.2, 0.25) is 0 Å². The molecule has 6 nitrogen and oxygen atoms in total. The first-order chi connectivity index (χ1) is 11.2. The zero-order valence-corrected chi connectivity index (χ0v) is 13.0. The highest BCUT2D eigenvalue weighted by molar-refractivity contribution is 5.89. The first kappa shape index (κ1) is 15.2. The quantitative estimate of drug-likeness (QED) is 0.678. The summed E-state index contributed by atoms with van der Waals surface area (Å²) in [6.45, 7) is 2.61. The highest BCUT2D eigenvalue weighted by Crippen LogP contribution is 2.19. The third-order valence-corrected chi connectivity index (χ3v) is 3.38. The first-order valence-corrected chi connectivity index (χ1v) is 7.31. The molecule has 0 atom stereocenters. The van der Waals surface area contributed by atoms with Crippen molar-refractivity contribution in [1.82, 2.24) is 14.4 Å². The van der Waals surface area contributed by atoms with Crippen LogP contribution < -0.4 is 0 Å². The van der Waals surface area contributed by atoms with Gasteiger partial charge in [0.1, 0.15) is 0 Å². The fourth-order valence-corrected chi connectivity index (χ4v) is 2.31. The van der Waals surface area contributed by atoms with Gasteiger partial charge in [0, 0.05) is 25.1 Å². The van der Waals surface area contributed by atoms with Crippen LogP contribution in [-0.4, -0.2) is 34.1 Å². The number of carbonyl (C=O) groups excluding carboxylic acids is 1. The molecule has 0 aliphatic rings. The molecule has 23 heavy (non-hydrogen) atoms. The summed E-state index contributed by atoms with van der Waals surface area (Å²) in [4.78, 5) is 20.5. The van der Waals surface area contributed by atoms with Gasteiger partial charge in [0.15, 0.2) is 5.65 Å². The second-order valence-electron chi connectivity index (χ2n) is 5.00. The average molecular weight is 311 g/mol. The summed E-state index contributed by atoms with van der Waals surface area (Å²) in [5, 5.41) is 0. The van der Waals surface area contributed by atoms with E-state index in [0.29, 0.717) is 18.8 Å². The fourth-order valence-electron chi connectivity index (χ4n) is 2.31. The van der Waals surface area contributed by atoms with Crippen LogP contribution in [0.2, 0.25) is 0 Å². The van der Waals surface area contributed by atoms with Gasteiger partial charge in [-0.3, -0.25) is 4.98 Å². The molecule has 3 rings (SSSR count). The highest BCUT2D eigenvalue weighted by atomic mass is 16.5. The van der Waals surface area contributed by atoms with Crippen LogP contribution in [0.3, 0.4) is 0 Å². The lowest BCUT2D eigenvalue weighted by molar-refractivity contribution is 0.0526. The van der Waals surface area contributed by atoms with Crippen molar-refractivity contribution in [3.05, 3.63) is 54.1 Å². The van der Waals surface area contributed by atoms with Gasteiger partial charge in [0.25, 0.3) is 0 Å². The fraction of sp³-hybridized carbons (Fsp3) is 0.235. The Kier molecular flexibility index (Phi) is 4.34. The molecule has 0 aliphatic carbocycles. The van der Waals surface area contributed by atoms with Gasteiger partial charge in [0.05, 0.1) is 36.4 Å². The number of fused-ring (bicyclic) bond motifs is 1. The second-order valence-corrected chi connectivity index (χ2v) is 5.00. The number of benzene rings is 1. The van der Waals surface area contributed by atoms with Crippen LogP contribution in [0.15, 0.2) is 42.9 Å². The molecule has 3 aromatic rings. The Morgan fingerprint density at radius 1 is 1.22 bits per heavy atom. The number of nitrogens with zero attached hydrogens (tertiary/aromatic N) is 3. The number of ether oxygens (including phenoxy) is 2. The van der Waals surface area contributed by atoms with Crippen molar-refractivity contribution >= 4 is 11.6 Å². The van der Waals surface area contributed by atoms with Crippen LogP contribution in [0.4, 0.5) is 0 Å². The molecule has 1 aromatic carbocycles. The molecule has 2 heterocycles. The van der Waals surface area contributed by atoms with Crippen molar-refractivity contribution < 1.29 is 14.3 Å². The van der Waals surface area contributed by atoms with Crippen molar-refractivity contribution in [1.29, 1.82) is 0 Å². The van der Waals surface area contributed by atoms with E-state index in [1.807, 2.05) is 28.9 Å². The Morgan fingerprint density at radius 3 is 2.70 bits per heavy atom. The van der Waals surface area contributed by atoms with Crippen molar-refractivity contribution in [3.8, 4) is 11.3 Å². The smallest absolute Gasteiger partial charge is 0.338 e.